The SMILES string of the molecule is C=C1CCN(c2ccnc3ccccc23)CC1. The van der Waals surface area contributed by atoms with E-state index in [1.807, 2.05) is 12.3 Å². The van der Waals surface area contributed by atoms with Crippen molar-refractivity contribution in [2.45, 2.75) is 12.8 Å². The van der Waals surface area contributed by atoms with Crippen LogP contribution in [-0.2, 0) is 0 Å². The molecule has 0 aliphatic carbocycles. The van der Waals surface area contributed by atoms with Crippen molar-refractivity contribution in [3.8, 4) is 0 Å². The minimum absolute atomic E-state index is 1.08. The number of benzene rings is 1. The predicted molar refractivity (Wildman–Crippen MR) is 72.3 cm³/mol. The maximum absolute atomic E-state index is 4.41. The second kappa shape index (κ2) is 4.21. The Kier molecular flexibility index (Phi) is 2.56. The Bertz CT molecular complexity index is 544. The van der Waals surface area contributed by atoms with Crippen LogP contribution in [0.3, 0.4) is 0 Å². The average Bonchev–Trinajstić information content (AvgIpc) is 2.39. The Morgan fingerprint density at radius 3 is 2.65 bits per heavy atom. The molecular formula is C15H16N2. The zero-order valence-corrected chi connectivity index (χ0v) is 9.89. The highest BCUT2D eigenvalue weighted by atomic mass is 15.1. The number of piperidine rings is 1. The molecule has 0 amide bonds. The molecule has 3 rings (SSSR count). The molecule has 0 bridgehead atoms. The van der Waals surface area contributed by atoms with Crippen molar-refractivity contribution in [3.63, 3.8) is 0 Å². The summed E-state index contributed by atoms with van der Waals surface area (Å²) >= 11 is 0. The number of pyridine rings is 1. The van der Waals surface area contributed by atoms with E-state index in [-0.39, 0.29) is 0 Å². The fourth-order valence-corrected chi connectivity index (χ4v) is 2.42. The first-order chi connectivity index (χ1) is 8.34. The second-order valence-corrected chi connectivity index (χ2v) is 4.58. The number of anilines is 1. The van der Waals surface area contributed by atoms with Crippen LogP contribution in [0.2, 0.25) is 0 Å². The quantitative estimate of drug-likeness (QED) is 0.690. The fourth-order valence-electron chi connectivity index (χ4n) is 2.42. The van der Waals surface area contributed by atoms with Crippen molar-refractivity contribution in [2.75, 3.05) is 18.0 Å². The van der Waals surface area contributed by atoms with Gasteiger partial charge < -0.3 is 4.90 Å². The molecule has 1 aromatic carbocycles. The molecule has 1 aliphatic heterocycles. The zero-order valence-electron chi connectivity index (χ0n) is 9.89. The summed E-state index contributed by atoms with van der Waals surface area (Å²) < 4.78 is 0. The lowest BCUT2D eigenvalue weighted by molar-refractivity contribution is 0.689. The van der Waals surface area contributed by atoms with Crippen molar-refractivity contribution in [1.82, 2.24) is 4.98 Å². The fraction of sp³-hybridized carbons (Fsp3) is 0.267. The van der Waals surface area contributed by atoms with Crippen molar-refractivity contribution in [1.29, 1.82) is 0 Å². The van der Waals surface area contributed by atoms with Crippen LogP contribution in [0.4, 0.5) is 5.69 Å². The molecule has 0 atom stereocenters. The Hall–Kier alpha value is -1.83. The minimum Gasteiger partial charge on any atom is -0.370 e. The van der Waals surface area contributed by atoms with Gasteiger partial charge in [0.05, 0.1) is 5.52 Å². The summed E-state index contributed by atoms with van der Waals surface area (Å²) in [6, 6.07) is 10.5. The second-order valence-electron chi connectivity index (χ2n) is 4.58. The molecule has 1 fully saturated rings. The van der Waals surface area contributed by atoms with Gasteiger partial charge in [0.15, 0.2) is 0 Å². The van der Waals surface area contributed by atoms with Crippen LogP contribution < -0.4 is 4.90 Å². The van der Waals surface area contributed by atoms with E-state index in [9.17, 15) is 0 Å². The van der Waals surface area contributed by atoms with Gasteiger partial charge in [-0.25, -0.2) is 0 Å². The highest BCUT2D eigenvalue weighted by molar-refractivity contribution is 5.91. The highest BCUT2D eigenvalue weighted by Crippen LogP contribution is 2.28. The molecule has 2 heterocycles. The summed E-state index contributed by atoms with van der Waals surface area (Å²) in [5.41, 5.74) is 3.76. The van der Waals surface area contributed by atoms with Crippen LogP contribution >= 0.6 is 0 Å². The van der Waals surface area contributed by atoms with Gasteiger partial charge in [0.2, 0.25) is 0 Å². The van der Waals surface area contributed by atoms with Gasteiger partial charge in [-0.1, -0.05) is 30.4 Å². The molecule has 0 spiro atoms. The van der Waals surface area contributed by atoms with E-state index in [0.717, 1.165) is 31.4 Å². The van der Waals surface area contributed by atoms with Crippen LogP contribution in [0.1, 0.15) is 12.8 Å². The van der Waals surface area contributed by atoms with E-state index in [1.54, 1.807) is 0 Å². The molecule has 2 aromatic rings. The predicted octanol–water partition coefficient (Wildman–Crippen LogP) is 3.39. The topological polar surface area (TPSA) is 16.1 Å². The Balaban J connectivity index is 2.02. The van der Waals surface area contributed by atoms with Gasteiger partial charge in [-0.3, -0.25) is 4.98 Å². The third-order valence-corrected chi connectivity index (χ3v) is 3.44. The van der Waals surface area contributed by atoms with Gasteiger partial charge >= 0.3 is 0 Å². The number of fused-ring (bicyclic) bond motifs is 1. The molecule has 1 saturated heterocycles. The van der Waals surface area contributed by atoms with Crippen molar-refractivity contribution in [2.24, 2.45) is 0 Å². The van der Waals surface area contributed by atoms with E-state index in [1.165, 1.54) is 16.6 Å². The lowest BCUT2D eigenvalue weighted by Gasteiger charge is -2.30. The van der Waals surface area contributed by atoms with Gasteiger partial charge in [-0.05, 0) is 25.0 Å². The minimum atomic E-state index is 1.08. The lowest BCUT2D eigenvalue weighted by atomic mass is 10.0. The molecule has 0 unspecified atom stereocenters. The van der Waals surface area contributed by atoms with E-state index in [2.05, 4.69) is 40.7 Å². The maximum Gasteiger partial charge on any atom is 0.0722 e. The molecule has 0 radical (unpaired) electrons. The smallest absolute Gasteiger partial charge is 0.0722 e. The first kappa shape index (κ1) is 10.3. The maximum atomic E-state index is 4.41. The summed E-state index contributed by atoms with van der Waals surface area (Å²) in [6.07, 6.45) is 4.12. The molecule has 2 heteroatoms. The molecule has 1 aromatic heterocycles. The van der Waals surface area contributed by atoms with Crippen LogP contribution in [0.25, 0.3) is 10.9 Å². The number of hydrogen-bond acceptors (Lipinski definition) is 2. The van der Waals surface area contributed by atoms with E-state index in [0.29, 0.717) is 0 Å². The standard InChI is InChI=1S/C15H16N2/c1-12-7-10-17(11-8-12)15-6-9-16-14-5-3-2-4-13(14)15/h2-6,9H,1,7-8,10-11H2. The molecule has 1 aliphatic rings. The number of para-hydroxylation sites is 1. The lowest BCUT2D eigenvalue weighted by Crippen LogP contribution is -2.30. The average molecular weight is 224 g/mol. The van der Waals surface area contributed by atoms with Crippen molar-refractivity contribution >= 4 is 16.6 Å². The van der Waals surface area contributed by atoms with Crippen LogP contribution in [0.15, 0.2) is 48.7 Å². The van der Waals surface area contributed by atoms with Crippen LogP contribution in [0.5, 0.6) is 0 Å². The monoisotopic (exact) mass is 224 g/mol. The molecule has 2 nitrogen and oxygen atoms in total. The van der Waals surface area contributed by atoms with E-state index >= 15 is 0 Å². The summed E-state index contributed by atoms with van der Waals surface area (Å²) in [5.74, 6) is 0. The summed E-state index contributed by atoms with van der Waals surface area (Å²) in [4.78, 5) is 6.85. The number of hydrogen-bond donors (Lipinski definition) is 0. The Labute approximate surface area is 102 Å². The Morgan fingerprint density at radius 1 is 1.06 bits per heavy atom. The van der Waals surface area contributed by atoms with Crippen molar-refractivity contribution in [3.05, 3.63) is 48.7 Å². The third-order valence-electron chi connectivity index (χ3n) is 3.44. The number of nitrogens with zero attached hydrogens (tertiary/aromatic N) is 2. The van der Waals surface area contributed by atoms with Crippen molar-refractivity contribution < 1.29 is 0 Å². The number of rotatable bonds is 1. The first-order valence-corrected chi connectivity index (χ1v) is 6.10. The first-order valence-electron chi connectivity index (χ1n) is 6.10. The largest absolute Gasteiger partial charge is 0.370 e. The Morgan fingerprint density at radius 2 is 1.82 bits per heavy atom. The highest BCUT2D eigenvalue weighted by Gasteiger charge is 2.15. The van der Waals surface area contributed by atoms with Crippen LogP contribution in [0, 0.1) is 0 Å². The van der Waals surface area contributed by atoms with Gasteiger partial charge in [-0.15, -0.1) is 0 Å². The molecule has 86 valence electrons. The number of aromatic nitrogens is 1. The van der Waals surface area contributed by atoms with Gasteiger partial charge in [0.25, 0.3) is 0 Å². The van der Waals surface area contributed by atoms with E-state index in [4.69, 9.17) is 0 Å². The molecule has 0 N–H and O–H groups in total. The van der Waals surface area contributed by atoms with Gasteiger partial charge in [0.1, 0.15) is 0 Å². The summed E-state index contributed by atoms with van der Waals surface area (Å²) in [5, 5.41) is 1.25. The van der Waals surface area contributed by atoms with Gasteiger partial charge in [0, 0.05) is 30.4 Å². The molecular weight excluding hydrogens is 208 g/mol. The summed E-state index contributed by atoms with van der Waals surface area (Å²) in [7, 11) is 0. The van der Waals surface area contributed by atoms with E-state index < -0.39 is 0 Å². The molecule has 17 heavy (non-hydrogen) atoms. The zero-order chi connectivity index (χ0) is 11.7. The van der Waals surface area contributed by atoms with Gasteiger partial charge in [-0.2, -0.15) is 0 Å². The third kappa shape index (κ3) is 1.91. The molecule has 0 saturated carbocycles. The normalized spacial score (nSPS) is 16.5. The summed E-state index contributed by atoms with van der Waals surface area (Å²) in [6.45, 7) is 6.22. The van der Waals surface area contributed by atoms with Crippen LogP contribution in [-0.4, -0.2) is 18.1 Å².